The van der Waals surface area contributed by atoms with Crippen LogP contribution in [0.5, 0.6) is 0 Å². The molecule has 0 radical (unpaired) electrons. The molecule has 0 bridgehead atoms. The number of ketones is 1. The van der Waals surface area contributed by atoms with E-state index in [9.17, 15) is 38.4 Å². The molecule has 0 rings (SSSR count). The van der Waals surface area contributed by atoms with Gasteiger partial charge in [-0.3, -0.25) is 28.8 Å². The van der Waals surface area contributed by atoms with E-state index < -0.39 is 54.5 Å². The minimum atomic E-state index is -0.717. The standard InChI is InChI=1S/C30H44N2O13/c1-3-26(36)43-18-13-23(33)11-7-5-9-16-41-29(39)21-24(34)31-14-15-32-25(35)22-30(40)42-17-10-6-8-12-28(38)45-20-19-44-27(37)4-2/h3-4H,1-2,5-22H2,(H,31,34)(H,32,35). The Morgan fingerprint density at radius 3 is 1.42 bits per heavy atom. The number of hydrogen-bond acceptors (Lipinski definition) is 13. The van der Waals surface area contributed by atoms with Crippen molar-refractivity contribution in [3.63, 3.8) is 0 Å². The van der Waals surface area contributed by atoms with E-state index >= 15 is 0 Å². The molecule has 0 saturated carbocycles. The molecule has 0 aromatic carbocycles. The Bertz CT molecular complexity index is 1010. The highest BCUT2D eigenvalue weighted by atomic mass is 16.6. The minimum Gasteiger partial charge on any atom is -0.465 e. The van der Waals surface area contributed by atoms with Crippen molar-refractivity contribution in [2.24, 2.45) is 0 Å². The maximum Gasteiger partial charge on any atom is 0.330 e. The van der Waals surface area contributed by atoms with E-state index in [1.54, 1.807) is 0 Å². The first kappa shape index (κ1) is 40.4. The van der Waals surface area contributed by atoms with Gasteiger partial charge in [0.15, 0.2) is 0 Å². The van der Waals surface area contributed by atoms with Crippen molar-refractivity contribution in [2.75, 3.05) is 46.1 Å². The SMILES string of the molecule is C=CC(=O)OCCOC(=O)CCCCCOC(=O)CC(=O)NCCNC(=O)CC(=O)OCCCCCC(=O)CCOC(=O)C=C. The zero-order chi connectivity index (χ0) is 33.7. The summed E-state index contributed by atoms with van der Waals surface area (Å²) in [6.45, 7) is 6.68. The molecule has 2 amide bonds. The van der Waals surface area contributed by atoms with Crippen molar-refractivity contribution >= 4 is 47.4 Å². The van der Waals surface area contributed by atoms with Crippen molar-refractivity contribution in [1.29, 1.82) is 0 Å². The quantitative estimate of drug-likeness (QED) is 0.0426. The number of carbonyl (C=O) groups excluding carboxylic acids is 8. The lowest BCUT2D eigenvalue weighted by atomic mass is 10.1. The van der Waals surface area contributed by atoms with Gasteiger partial charge in [-0.05, 0) is 38.5 Å². The third-order valence-electron chi connectivity index (χ3n) is 5.58. The number of ether oxygens (including phenoxy) is 5. The third-order valence-corrected chi connectivity index (χ3v) is 5.58. The van der Waals surface area contributed by atoms with Gasteiger partial charge in [-0.1, -0.05) is 13.2 Å². The molecular formula is C30H44N2O13. The second-order valence-corrected chi connectivity index (χ2v) is 9.37. The maximum absolute atomic E-state index is 11.8. The van der Waals surface area contributed by atoms with Gasteiger partial charge in [0.1, 0.15) is 31.8 Å². The van der Waals surface area contributed by atoms with Crippen LogP contribution in [0.4, 0.5) is 0 Å². The summed E-state index contributed by atoms with van der Waals surface area (Å²) in [5, 5.41) is 4.91. The summed E-state index contributed by atoms with van der Waals surface area (Å²) < 4.78 is 24.3. The number of nitrogens with one attached hydrogen (secondary N) is 2. The van der Waals surface area contributed by atoms with Crippen LogP contribution in [0.15, 0.2) is 25.3 Å². The van der Waals surface area contributed by atoms with Gasteiger partial charge < -0.3 is 34.3 Å². The smallest absolute Gasteiger partial charge is 0.330 e. The Morgan fingerprint density at radius 2 is 0.911 bits per heavy atom. The average Bonchev–Trinajstić information content (AvgIpc) is 3.00. The lowest BCUT2D eigenvalue weighted by Gasteiger charge is -2.08. The van der Waals surface area contributed by atoms with Crippen LogP contribution in [0.3, 0.4) is 0 Å². The van der Waals surface area contributed by atoms with Gasteiger partial charge in [0.25, 0.3) is 0 Å². The van der Waals surface area contributed by atoms with Crippen molar-refractivity contribution < 1.29 is 62.0 Å². The molecule has 0 saturated heterocycles. The molecule has 0 atom stereocenters. The average molecular weight is 641 g/mol. The second kappa shape index (κ2) is 27.0. The Kier molecular flexibility index (Phi) is 24.3. The van der Waals surface area contributed by atoms with Gasteiger partial charge in [0.2, 0.25) is 11.8 Å². The summed E-state index contributed by atoms with van der Waals surface area (Å²) in [5.41, 5.74) is 0. The zero-order valence-electron chi connectivity index (χ0n) is 25.6. The Balaban J connectivity index is 3.69. The molecule has 0 heterocycles. The Labute approximate surface area is 262 Å². The molecule has 0 spiro atoms. The summed E-state index contributed by atoms with van der Waals surface area (Å²) in [5.74, 6) is -4.25. The number of amides is 2. The highest BCUT2D eigenvalue weighted by molar-refractivity contribution is 5.95. The molecule has 0 aliphatic heterocycles. The lowest BCUT2D eigenvalue weighted by Crippen LogP contribution is -2.36. The first-order chi connectivity index (χ1) is 21.6. The van der Waals surface area contributed by atoms with Crippen LogP contribution >= 0.6 is 0 Å². The van der Waals surface area contributed by atoms with Crippen LogP contribution in [0.1, 0.15) is 70.6 Å². The summed E-state index contributed by atoms with van der Waals surface area (Å²) in [4.78, 5) is 92.2. The number of hydrogen-bond donors (Lipinski definition) is 2. The van der Waals surface area contributed by atoms with Gasteiger partial charge in [0, 0.05) is 44.5 Å². The van der Waals surface area contributed by atoms with Crippen molar-refractivity contribution in [2.45, 2.75) is 70.6 Å². The highest BCUT2D eigenvalue weighted by Crippen LogP contribution is 2.04. The summed E-state index contributed by atoms with van der Waals surface area (Å²) in [7, 11) is 0. The van der Waals surface area contributed by atoms with E-state index in [1.807, 2.05) is 0 Å². The van der Waals surface area contributed by atoms with Crippen LogP contribution in [-0.2, 0) is 62.0 Å². The van der Waals surface area contributed by atoms with Crippen LogP contribution < -0.4 is 10.6 Å². The van der Waals surface area contributed by atoms with Crippen LogP contribution in [0.25, 0.3) is 0 Å². The van der Waals surface area contributed by atoms with E-state index in [4.69, 9.17) is 18.9 Å². The molecule has 2 N–H and O–H groups in total. The summed E-state index contributed by atoms with van der Waals surface area (Å²) in [6, 6.07) is 0. The molecule has 0 unspecified atom stereocenters. The van der Waals surface area contributed by atoms with Crippen LogP contribution in [-0.4, -0.2) is 93.6 Å². The minimum absolute atomic E-state index is 0.0119. The Hall–Kier alpha value is -4.56. The fraction of sp³-hybridized carbons (Fsp3) is 0.600. The lowest BCUT2D eigenvalue weighted by molar-refractivity contribution is -0.150. The fourth-order valence-electron chi connectivity index (χ4n) is 3.29. The normalized spacial score (nSPS) is 10.0. The second-order valence-electron chi connectivity index (χ2n) is 9.37. The van der Waals surface area contributed by atoms with Gasteiger partial charge >= 0.3 is 29.8 Å². The van der Waals surface area contributed by atoms with Crippen LogP contribution in [0.2, 0.25) is 0 Å². The molecule has 0 aliphatic carbocycles. The largest absolute Gasteiger partial charge is 0.465 e. The molecule has 252 valence electrons. The monoisotopic (exact) mass is 640 g/mol. The molecule has 0 aromatic heterocycles. The van der Waals surface area contributed by atoms with Gasteiger partial charge in [0.05, 0.1) is 19.8 Å². The van der Waals surface area contributed by atoms with Gasteiger partial charge in [-0.2, -0.15) is 0 Å². The van der Waals surface area contributed by atoms with Crippen molar-refractivity contribution in [3.05, 3.63) is 25.3 Å². The molecule has 0 aromatic rings. The van der Waals surface area contributed by atoms with E-state index in [0.717, 1.165) is 12.2 Å². The zero-order valence-corrected chi connectivity index (χ0v) is 25.6. The predicted octanol–water partition coefficient (Wildman–Crippen LogP) is 1.17. The number of carbonyl (C=O) groups is 8. The van der Waals surface area contributed by atoms with E-state index in [2.05, 4.69) is 28.5 Å². The van der Waals surface area contributed by atoms with Gasteiger partial charge in [-0.25, -0.2) is 9.59 Å². The number of esters is 5. The topological polar surface area (TPSA) is 207 Å². The number of rotatable bonds is 27. The van der Waals surface area contributed by atoms with E-state index in [1.165, 1.54) is 0 Å². The number of Topliss-reactive ketones (excluding diaryl/α,β-unsaturated/α-hetero) is 1. The molecule has 0 aliphatic rings. The summed E-state index contributed by atoms with van der Waals surface area (Å²) >= 11 is 0. The molecule has 15 heteroatoms. The van der Waals surface area contributed by atoms with Gasteiger partial charge in [-0.15, -0.1) is 0 Å². The highest BCUT2D eigenvalue weighted by Gasteiger charge is 2.13. The van der Waals surface area contributed by atoms with Crippen LogP contribution in [0, 0.1) is 0 Å². The summed E-state index contributed by atoms with van der Waals surface area (Å²) in [6.07, 6.45) is 5.01. The maximum atomic E-state index is 11.8. The van der Waals surface area contributed by atoms with E-state index in [0.29, 0.717) is 44.9 Å². The van der Waals surface area contributed by atoms with Crippen molar-refractivity contribution in [1.82, 2.24) is 10.6 Å². The first-order valence-electron chi connectivity index (χ1n) is 14.7. The van der Waals surface area contributed by atoms with Crippen molar-refractivity contribution in [3.8, 4) is 0 Å². The molecule has 0 fully saturated rings. The number of unbranched alkanes of at least 4 members (excludes halogenated alkanes) is 4. The molecule has 15 nitrogen and oxygen atoms in total. The third kappa shape index (κ3) is 26.8. The fourth-order valence-corrected chi connectivity index (χ4v) is 3.29. The molecule has 45 heavy (non-hydrogen) atoms. The Morgan fingerprint density at radius 1 is 0.467 bits per heavy atom. The van der Waals surface area contributed by atoms with E-state index in [-0.39, 0.29) is 64.7 Å². The molecular weight excluding hydrogens is 596 g/mol. The predicted molar refractivity (Wildman–Crippen MR) is 157 cm³/mol. The first-order valence-corrected chi connectivity index (χ1v) is 14.7.